The second kappa shape index (κ2) is 5.32. The predicted molar refractivity (Wildman–Crippen MR) is 69.1 cm³/mol. The van der Waals surface area contributed by atoms with Gasteiger partial charge in [0.25, 0.3) is 5.91 Å². The van der Waals surface area contributed by atoms with E-state index in [0.717, 1.165) is 10.5 Å². The molecule has 1 aromatic rings. The lowest BCUT2D eigenvalue weighted by Gasteiger charge is -2.24. The van der Waals surface area contributed by atoms with E-state index >= 15 is 0 Å². The topological polar surface area (TPSA) is 58.4 Å². The van der Waals surface area contributed by atoms with E-state index in [1.807, 2.05) is 6.92 Å². The minimum absolute atomic E-state index is 0.161. The molecule has 0 atom stereocenters. The molecule has 1 aliphatic carbocycles. The van der Waals surface area contributed by atoms with E-state index < -0.39 is 18.6 Å². The first-order valence-electron chi connectivity index (χ1n) is 6.27. The van der Waals surface area contributed by atoms with Gasteiger partial charge < -0.3 is 10.3 Å². The van der Waals surface area contributed by atoms with Crippen molar-refractivity contribution in [1.29, 1.82) is 0 Å². The Hall–Kier alpha value is -1.76. The molecule has 0 spiro atoms. The van der Waals surface area contributed by atoms with Crippen molar-refractivity contribution in [3.63, 3.8) is 0 Å². The Morgan fingerprint density at radius 2 is 2.10 bits per heavy atom. The van der Waals surface area contributed by atoms with Gasteiger partial charge in [-0.1, -0.05) is 6.07 Å². The lowest BCUT2D eigenvalue weighted by molar-refractivity contribution is -0.141. The number of nitrogens with zero attached hydrogens (tertiary/aromatic N) is 1. The summed E-state index contributed by atoms with van der Waals surface area (Å²) in [6.07, 6.45) is -3.18. The number of aryl methyl sites for hydroxylation is 1. The molecule has 1 amide bonds. The maximum absolute atomic E-state index is 12.6. The largest absolute Gasteiger partial charge is 0.406 e. The molecule has 0 saturated heterocycles. The number of nitrogens with two attached hydrogens (primary N) is 1. The average molecular weight is 287 g/mol. The van der Waals surface area contributed by atoms with E-state index in [4.69, 9.17) is 5.84 Å². The summed E-state index contributed by atoms with van der Waals surface area (Å²) >= 11 is 0. The zero-order valence-corrected chi connectivity index (χ0v) is 11.0. The number of nitrogen functional groups attached to an aromatic ring is 1. The molecule has 0 bridgehead atoms. The molecule has 2 rings (SSSR count). The third-order valence-electron chi connectivity index (χ3n) is 3.16. The van der Waals surface area contributed by atoms with Gasteiger partial charge in [0.2, 0.25) is 0 Å². The number of amides is 1. The number of hydrogen-bond acceptors (Lipinski definition) is 3. The van der Waals surface area contributed by atoms with Gasteiger partial charge in [-0.3, -0.25) is 10.6 Å². The normalized spacial score (nSPS) is 15.1. The Bertz CT molecular complexity index is 512. The maximum Gasteiger partial charge on any atom is 0.406 e. The smallest absolute Gasteiger partial charge is 0.326 e. The van der Waals surface area contributed by atoms with E-state index in [-0.39, 0.29) is 11.6 Å². The molecule has 7 heteroatoms. The number of alkyl halides is 3. The van der Waals surface area contributed by atoms with Gasteiger partial charge in [0.15, 0.2) is 0 Å². The van der Waals surface area contributed by atoms with Crippen LogP contribution in [0.25, 0.3) is 0 Å². The molecule has 0 radical (unpaired) electrons. The van der Waals surface area contributed by atoms with Crippen molar-refractivity contribution < 1.29 is 18.0 Å². The Morgan fingerprint density at radius 1 is 1.45 bits per heavy atom. The number of anilines is 1. The van der Waals surface area contributed by atoms with Crippen molar-refractivity contribution in [2.45, 2.75) is 32.0 Å². The zero-order valence-electron chi connectivity index (χ0n) is 11.0. The second-order valence-corrected chi connectivity index (χ2v) is 4.97. The van der Waals surface area contributed by atoms with Crippen LogP contribution >= 0.6 is 0 Å². The van der Waals surface area contributed by atoms with Crippen LogP contribution in [0.4, 0.5) is 18.9 Å². The Kier molecular flexibility index (Phi) is 3.89. The average Bonchev–Trinajstić information content (AvgIpc) is 3.18. The molecule has 1 aromatic carbocycles. The summed E-state index contributed by atoms with van der Waals surface area (Å²) in [7, 11) is 0. The van der Waals surface area contributed by atoms with Crippen LogP contribution in [0, 0.1) is 6.92 Å². The van der Waals surface area contributed by atoms with Crippen molar-refractivity contribution in [3.8, 4) is 0 Å². The van der Waals surface area contributed by atoms with Crippen LogP contribution < -0.4 is 11.3 Å². The van der Waals surface area contributed by atoms with E-state index in [1.165, 1.54) is 6.07 Å². The first-order chi connectivity index (χ1) is 9.31. The SMILES string of the molecule is Cc1ccc(C(=O)N(CC(F)(F)F)C2CC2)c(NN)c1. The zero-order chi connectivity index (χ0) is 14.9. The summed E-state index contributed by atoms with van der Waals surface area (Å²) in [5, 5.41) is 0. The van der Waals surface area contributed by atoms with Crippen molar-refractivity contribution in [2.24, 2.45) is 5.84 Å². The van der Waals surface area contributed by atoms with Gasteiger partial charge in [-0.2, -0.15) is 13.2 Å². The monoisotopic (exact) mass is 287 g/mol. The molecule has 110 valence electrons. The fourth-order valence-electron chi connectivity index (χ4n) is 2.06. The third kappa shape index (κ3) is 3.41. The van der Waals surface area contributed by atoms with Crippen molar-refractivity contribution >= 4 is 11.6 Å². The predicted octanol–water partition coefficient (Wildman–Crippen LogP) is 2.45. The highest BCUT2D eigenvalue weighted by atomic mass is 19.4. The van der Waals surface area contributed by atoms with Crippen LogP contribution in [0.2, 0.25) is 0 Å². The minimum Gasteiger partial charge on any atom is -0.326 e. The molecule has 1 aliphatic rings. The fourth-order valence-corrected chi connectivity index (χ4v) is 2.06. The lowest BCUT2D eigenvalue weighted by Crippen LogP contribution is -2.40. The number of carbonyl (C=O) groups excluding carboxylic acids is 1. The standard InChI is InChI=1S/C13H16F3N3O/c1-8-2-5-10(11(6-8)18-17)12(20)19(9-3-4-9)7-13(14,15)16/h2,5-6,9,18H,3-4,7,17H2,1H3. The molecule has 0 aromatic heterocycles. The van der Waals surface area contributed by atoms with Crippen LogP contribution in [0.5, 0.6) is 0 Å². The highest BCUT2D eigenvalue weighted by Gasteiger charge is 2.41. The summed E-state index contributed by atoms with van der Waals surface area (Å²) < 4.78 is 37.7. The second-order valence-electron chi connectivity index (χ2n) is 4.97. The minimum atomic E-state index is -4.40. The Morgan fingerprint density at radius 3 is 2.60 bits per heavy atom. The summed E-state index contributed by atoms with van der Waals surface area (Å²) in [5.74, 6) is 4.69. The van der Waals surface area contributed by atoms with Gasteiger partial charge in [0, 0.05) is 6.04 Å². The van der Waals surface area contributed by atoms with Crippen LogP contribution in [0.1, 0.15) is 28.8 Å². The number of halogens is 3. The first kappa shape index (κ1) is 14.6. The molecular formula is C13H16F3N3O. The van der Waals surface area contributed by atoms with Gasteiger partial charge in [-0.15, -0.1) is 0 Å². The van der Waals surface area contributed by atoms with E-state index in [2.05, 4.69) is 5.43 Å². The highest BCUT2D eigenvalue weighted by molar-refractivity contribution is 6.00. The van der Waals surface area contributed by atoms with Gasteiger partial charge in [0.05, 0.1) is 11.3 Å². The summed E-state index contributed by atoms with van der Waals surface area (Å²) in [4.78, 5) is 13.2. The number of carbonyl (C=O) groups is 1. The van der Waals surface area contributed by atoms with Gasteiger partial charge in [-0.05, 0) is 37.5 Å². The van der Waals surface area contributed by atoms with Gasteiger partial charge in [0.1, 0.15) is 6.54 Å². The fraction of sp³-hybridized carbons (Fsp3) is 0.462. The number of rotatable bonds is 4. The van der Waals surface area contributed by atoms with Crippen LogP contribution in [0.15, 0.2) is 18.2 Å². The van der Waals surface area contributed by atoms with Crippen molar-refractivity contribution in [3.05, 3.63) is 29.3 Å². The summed E-state index contributed by atoms with van der Waals surface area (Å²) in [5.41, 5.74) is 3.73. The van der Waals surface area contributed by atoms with Crippen LogP contribution in [-0.4, -0.2) is 29.6 Å². The summed E-state index contributed by atoms with van der Waals surface area (Å²) in [6.45, 7) is 0.581. The number of nitrogens with one attached hydrogen (secondary N) is 1. The van der Waals surface area contributed by atoms with Crippen LogP contribution in [0.3, 0.4) is 0 Å². The molecule has 20 heavy (non-hydrogen) atoms. The molecule has 1 saturated carbocycles. The Labute approximate surface area is 114 Å². The lowest BCUT2D eigenvalue weighted by atomic mass is 10.1. The molecule has 0 aliphatic heterocycles. The molecule has 0 heterocycles. The summed E-state index contributed by atoms with van der Waals surface area (Å²) in [6, 6.07) is 4.48. The molecule has 1 fully saturated rings. The molecular weight excluding hydrogens is 271 g/mol. The van der Waals surface area contributed by atoms with Crippen molar-refractivity contribution in [1.82, 2.24) is 4.90 Å². The van der Waals surface area contributed by atoms with Crippen molar-refractivity contribution in [2.75, 3.05) is 12.0 Å². The van der Waals surface area contributed by atoms with E-state index in [1.54, 1.807) is 12.1 Å². The number of benzene rings is 1. The third-order valence-corrected chi connectivity index (χ3v) is 3.16. The first-order valence-corrected chi connectivity index (χ1v) is 6.27. The van der Waals surface area contributed by atoms with Crippen LogP contribution in [-0.2, 0) is 0 Å². The quantitative estimate of drug-likeness (QED) is 0.660. The molecule has 0 unspecified atom stereocenters. The van der Waals surface area contributed by atoms with Gasteiger partial charge >= 0.3 is 6.18 Å². The number of hydrazine groups is 1. The molecule has 4 nitrogen and oxygen atoms in total. The highest BCUT2D eigenvalue weighted by Crippen LogP contribution is 2.32. The van der Waals surface area contributed by atoms with E-state index in [0.29, 0.717) is 18.5 Å². The number of hydrogen-bond donors (Lipinski definition) is 2. The Balaban J connectivity index is 2.28. The maximum atomic E-state index is 12.6. The molecule has 3 N–H and O–H groups in total. The van der Waals surface area contributed by atoms with Gasteiger partial charge in [-0.25, -0.2) is 0 Å². The van der Waals surface area contributed by atoms with E-state index in [9.17, 15) is 18.0 Å².